The van der Waals surface area contributed by atoms with Crippen molar-refractivity contribution >= 4 is 28.0 Å². The summed E-state index contributed by atoms with van der Waals surface area (Å²) in [5.74, 6) is 0. The first kappa shape index (κ1) is 11.4. The monoisotopic (exact) mass is 303 g/mol. The molecule has 1 atom stereocenters. The molecule has 0 aromatic heterocycles. The smallest absolute Gasteiger partial charge is 0.211 e. The van der Waals surface area contributed by atoms with Gasteiger partial charge in [0.2, 0.25) is 6.41 Å². The Morgan fingerprint density at radius 3 is 2.72 bits per heavy atom. The Morgan fingerprint density at radius 2 is 1.94 bits per heavy atom. The van der Waals surface area contributed by atoms with Crippen molar-refractivity contribution in [3.05, 3.63) is 52.0 Å². The van der Waals surface area contributed by atoms with Crippen LogP contribution in [0.25, 0.3) is 11.1 Å². The molecule has 0 bridgehead atoms. The van der Waals surface area contributed by atoms with Gasteiger partial charge in [-0.25, -0.2) is 0 Å². The van der Waals surface area contributed by atoms with Crippen molar-refractivity contribution in [1.82, 2.24) is 0 Å². The lowest BCUT2D eigenvalue weighted by Crippen LogP contribution is -1.98. The minimum atomic E-state index is -0.628. The van der Waals surface area contributed by atoms with Gasteiger partial charge in [-0.3, -0.25) is 4.79 Å². The predicted octanol–water partition coefficient (Wildman–Crippen LogP) is 3.08. The maximum absolute atomic E-state index is 10.5. The Labute approximate surface area is 113 Å². The van der Waals surface area contributed by atoms with Gasteiger partial charge < -0.3 is 10.4 Å². The number of aliphatic hydroxyl groups is 1. The van der Waals surface area contributed by atoms with E-state index in [0.717, 1.165) is 26.7 Å². The van der Waals surface area contributed by atoms with Gasteiger partial charge >= 0.3 is 0 Å². The first-order valence-corrected chi connectivity index (χ1v) is 6.32. The molecule has 2 aromatic rings. The third-order valence-corrected chi connectivity index (χ3v) is 3.85. The quantitative estimate of drug-likeness (QED) is 0.838. The summed E-state index contributed by atoms with van der Waals surface area (Å²) in [5.41, 5.74) is 4.43. The van der Waals surface area contributed by atoms with Gasteiger partial charge in [0.05, 0.1) is 5.69 Å². The van der Waals surface area contributed by atoms with Gasteiger partial charge in [0.15, 0.2) is 0 Å². The maximum atomic E-state index is 10.5. The molecule has 90 valence electrons. The van der Waals surface area contributed by atoms with Crippen LogP contribution in [0.4, 0.5) is 5.69 Å². The molecule has 0 aliphatic heterocycles. The SMILES string of the molecule is O=CNc1cc2c(cc1Br)-c1ccccc1[C@H]2O. The van der Waals surface area contributed by atoms with Crippen molar-refractivity contribution in [3.8, 4) is 11.1 Å². The summed E-state index contributed by atoms with van der Waals surface area (Å²) in [5, 5.41) is 12.9. The number of amides is 1. The van der Waals surface area contributed by atoms with Crippen LogP contribution in [-0.4, -0.2) is 11.5 Å². The number of hydrogen-bond donors (Lipinski definition) is 2. The number of carbonyl (C=O) groups is 1. The molecule has 0 unspecified atom stereocenters. The molecule has 2 aromatic carbocycles. The molecule has 0 heterocycles. The van der Waals surface area contributed by atoms with E-state index in [9.17, 15) is 9.90 Å². The fraction of sp³-hybridized carbons (Fsp3) is 0.0714. The number of fused-ring (bicyclic) bond motifs is 3. The minimum Gasteiger partial charge on any atom is -0.384 e. The first-order valence-electron chi connectivity index (χ1n) is 5.53. The summed E-state index contributed by atoms with van der Waals surface area (Å²) in [6.07, 6.45) is -0.00228. The average Bonchev–Trinajstić information content (AvgIpc) is 2.65. The van der Waals surface area contributed by atoms with Crippen LogP contribution < -0.4 is 5.32 Å². The van der Waals surface area contributed by atoms with Crippen molar-refractivity contribution in [2.75, 3.05) is 5.32 Å². The van der Waals surface area contributed by atoms with Crippen molar-refractivity contribution < 1.29 is 9.90 Å². The van der Waals surface area contributed by atoms with E-state index in [1.807, 2.05) is 30.3 Å². The number of rotatable bonds is 2. The van der Waals surface area contributed by atoms with Crippen LogP contribution in [-0.2, 0) is 4.79 Å². The Hall–Kier alpha value is -1.65. The zero-order valence-electron chi connectivity index (χ0n) is 9.35. The van der Waals surface area contributed by atoms with Gasteiger partial charge in [-0.15, -0.1) is 0 Å². The molecule has 3 nitrogen and oxygen atoms in total. The Kier molecular flexibility index (Phi) is 2.69. The van der Waals surface area contributed by atoms with Crippen molar-refractivity contribution in [2.45, 2.75) is 6.10 Å². The molecule has 0 radical (unpaired) electrons. The normalized spacial score (nSPS) is 16.0. The molecule has 1 aliphatic carbocycles. The third-order valence-electron chi connectivity index (χ3n) is 3.19. The van der Waals surface area contributed by atoms with Gasteiger partial charge in [-0.2, -0.15) is 0 Å². The predicted molar refractivity (Wildman–Crippen MR) is 73.3 cm³/mol. The summed E-state index contributed by atoms with van der Waals surface area (Å²) < 4.78 is 0.803. The van der Waals surface area contributed by atoms with Crippen molar-refractivity contribution in [3.63, 3.8) is 0 Å². The van der Waals surface area contributed by atoms with Crippen LogP contribution in [0, 0.1) is 0 Å². The Balaban J connectivity index is 2.22. The van der Waals surface area contributed by atoms with Gasteiger partial charge in [0.25, 0.3) is 0 Å². The van der Waals surface area contributed by atoms with E-state index in [2.05, 4.69) is 21.2 Å². The van der Waals surface area contributed by atoms with E-state index < -0.39 is 6.10 Å². The highest BCUT2D eigenvalue weighted by atomic mass is 79.9. The van der Waals surface area contributed by atoms with Gasteiger partial charge in [0.1, 0.15) is 6.10 Å². The number of anilines is 1. The van der Waals surface area contributed by atoms with Crippen LogP contribution in [0.3, 0.4) is 0 Å². The van der Waals surface area contributed by atoms with Crippen LogP contribution >= 0.6 is 15.9 Å². The van der Waals surface area contributed by atoms with E-state index in [-0.39, 0.29) is 0 Å². The number of hydrogen-bond acceptors (Lipinski definition) is 2. The number of halogens is 1. The topological polar surface area (TPSA) is 49.3 Å². The molecular weight excluding hydrogens is 294 g/mol. The minimum absolute atomic E-state index is 0.626. The van der Waals surface area contributed by atoms with Crippen molar-refractivity contribution in [2.24, 2.45) is 0 Å². The van der Waals surface area contributed by atoms with E-state index >= 15 is 0 Å². The fourth-order valence-corrected chi connectivity index (χ4v) is 2.83. The molecule has 0 saturated heterocycles. The number of aliphatic hydroxyl groups excluding tert-OH is 1. The van der Waals surface area contributed by atoms with E-state index in [4.69, 9.17) is 0 Å². The van der Waals surface area contributed by atoms with Crippen molar-refractivity contribution in [1.29, 1.82) is 0 Å². The number of nitrogens with one attached hydrogen (secondary N) is 1. The molecule has 1 amide bonds. The zero-order valence-corrected chi connectivity index (χ0v) is 10.9. The highest BCUT2D eigenvalue weighted by molar-refractivity contribution is 9.10. The molecule has 2 N–H and O–H groups in total. The second-order valence-electron chi connectivity index (χ2n) is 4.17. The summed E-state index contributed by atoms with van der Waals surface area (Å²) >= 11 is 3.42. The van der Waals surface area contributed by atoms with E-state index in [1.54, 1.807) is 6.07 Å². The van der Waals surface area contributed by atoms with Crippen LogP contribution in [0.1, 0.15) is 17.2 Å². The highest BCUT2D eigenvalue weighted by Gasteiger charge is 2.27. The molecule has 4 heteroatoms. The lowest BCUT2D eigenvalue weighted by molar-refractivity contribution is -0.105. The largest absolute Gasteiger partial charge is 0.384 e. The van der Waals surface area contributed by atoms with Crippen LogP contribution in [0.5, 0.6) is 0 Å². The molecule has 1 aliphatic rings. The maximum Gasteiger partial charge on any atom is 0.211 e. The molecule has 0 fully saturated rings. The molecule has 0 spiro atoms. The Morgan fingerprint density at radius 1 is 1.17 bits per heavy atom. The molecule has 3 rings (SSSR count). The summed E-state index contributed by atoms with van der Waals surface area (Å²) in [7, 11) is 0. The van der Waals surface area contributed by atoms with Crippen LogP contribution in [0.15, 0.2) is 40.9 Å². The summed E-state index contributed by atoms with van der Waals surface area (Å²) in [4.78, 5) is 10.5. The molecule has 0 saturated carbocycles. The summed E-state index contributed by atoms with van der Waals surface area (Å²) in [6, 6.07) is 11.5. The number of carbonyl (C=O) groups excluding carboxylic acids is 1. The van der Waals surface area contributed by atoms with Gasteiger partial charge in [0, 0.05) is 4.47 Å². The average molecular weight is 304 g/mol. The second-order valence-corrected chi connectivity index (χ2v) is 5.03. The standard InChI is InChI=1S/C14H10BrNO2/c15-12-5-10-8-3-1-2-4-9(8)14(18)11(10)6-13(12)16-7-17/h1-7,14,18H,(H,16,17)/t14-/m1/s1. The third kappa shape index (κ3) is 1.57. The first-order chi connectivity index (χ1) is 8.72. The van der Waals surface area contributed by atoms with Gasteiger partial charge in [-0.1, -0.05) is 24.3 Å². The fourth-order valence-electron chi connectivity index (χ4n) is 2.37. The highest BCUT2D eigenvalue weighted by Crippen LogP contribution is 2.46. The van der Waals surface area contributed by atoms with Gasteiger partial charge in [-0.05, 0) is 50.3 Å². The van der Waals surface area contributed by atoms with Crippen LogP contribution in [0.2, 0.25) is 0 Å². The summed E-state index contributed by atoms with van der Waals surface area (Å²) in [6.45, 7) is 0. The zero-order chi connectivity index (χ0) is 12.7. The lowest BCUT2D eigenvalue weighted by Gasteiger charge is -2.09. The Bertz CT molecular complexity index is 640. The molecular formula is C14H10BrNO2. The number of benzene rings is 2. The molecule has 18 heavy (non-hydrogen) atoms. The van der Waals surface area contributed by atoms with E-state index in [1.165, 1.54) is 0 Å². The second kappa shape index (κ2) is 4.23. The lowest BCUT2D eigenvalue weighted by atomic mass is 10.1. The van der Waals surface area contributed by atoms with E-state index in [0.29, 0.717) is 12.1 Å².